The highest BCUT2D eigenvalue weighted by atomic mass is 16.2. The monoisotopic (exact) mass is 336 g/mol. The van der Waals surface area contributed by atoms with Crippen molar-refractivity contribution in [3.8, 4) is 11.1 Å². The van der Waals surface area contributed by atoms with Crippen LogP contribution < -0.4 is 5.32 Å². The Labute approximate surface area is 148 Å². The lowest BCUT2D eigenvalue weighted by Gasteiger charge is -2.14. The predicted octanol–water partition coefficient (Wildman–Crippen LogP) is 4.10. The summed E-state index contributed by atoms with van der Waals surface area (Å²) < 4.78 is 0. The van der Waals surface area contributed by atoms with E-state index in [1.807, 2.05) is 56.3 Å². The number of carbonyl (C=O) groups excluding carboxylic acids is 2. The number of nitrogens with one attached hydrogen (secondary N) is 1. The summed E-state index contributed by atoms with van der Waals surface area (Å²) in [5.41, 5.74) is 4.34. The average Bonchev–Trinajstić information content (AvgIpc) is 3.35. The molecule has 0 unspecified atom stereocenters. The third-order valence-corrected chi connectivity index (χ3v) is 4.87. The quantitative estimate of drug-likeness (QED) is 0.914. The third kappa shape index (κ3) is 3.58. The number of amides is 2. The summed E-state index contributed by atoms with van der Waals surface area (Å²) >= 11 is 0. The van der Waals surface area contributed by atoms with Gasteiger partial charge >= 0.3 is 0 Å². The number of hydrogen-bond donors (Lipinski definition) is 1. The van der Waals surface area contributed by atoms with Crippen LogP contribution in [-0.2, 0) is 4.79 Å². The maximum atomic E-state index is 12.3. The zero-order valence-electron chi connectivity index (χ0n) is 15.2. The van der Waals surface area contributed by atoms with Crippen molar-refractivity contribution in [1.29, 1.82) is 0 Å². The first kappa shape index (κ1) is 17.2. The number of hydrogen-bond acceptors (Lipinski definition) is 2. The van der Waals surface area contributed by atoms with Crippen molar-refractivity contribution in [3.63, 3.8) is 0 Å². The largest absolute Gasteiger partial charge is 0.345 e. The first-order chi connectivity index (χ1) is 11.8. The highest BCUT2D eigenvalue weighted by molar-refractivity contribution is 5.98. The van der Waals surface area contributed by atoms with E-state index >= 15 is 0 Å². The fourth-order valence-corrected chi connectivity index (χ4v) is 2.79. The van der Waals surface area contributed by atoms with E-state index in [9.17, 15) is 9.59 Å². The third-order valence-electron chi connectivity index (χ3n) is 4.87. The van der Waals surface area contributed by atoms with Gasteiger partial charge in [0, 0.05) is 30.8 Å². The molecule has 2 amide bonds. The lowest BCUT2D eigenvalue weighted by Crippen LogP contribution is -2.21. The minimum atomic E-state index is -0.205. The van der Waals surface area contributed by atoms with Crippen LogP contribution in [0.15, 0.2) is 42.5 Å². The van der Waals surface area contributed by atoms with E-state index in [-0.39, 0.29) is 17.2 Å². The molecule has 2 aromatic rings. The van der Waals surface area contributed by atoms with Gasteiger partial charge in [-0.2, -0.15) is 0 Å². The van der Waals surface area contributed by atoms with Crippen LogP contribution in [-0.4, -0.2) is 30.8 Å². The summed E-state index contributed by atoms with van der Waals surface area (Å²) in [4.78, 5) is 26.1. The number of aryl methyl sites for hydroxylation is 1. The second-order valence-corrected chi connectivity index (χ2v) is 7.32. The minimum Gasteiger partial charge on any atom is -0.345 e. The van der Waals surface area contributed by atoms with E-state index in [1.54, 1.807) is 19.0 Å². The molecule has 3 rings (SSSR count). The van der Waals surface area contributed by atoms with Crippen LogP contribution in [0.25, 0.3) is 11.1 Å². The van der Waals surface area contributed by atoms with Crippen LogP contribution in [0.4, 0.5) is 5.69 Å². The van der Waals surface area contributed by atoms with Gasteiger partial charge in [0.15, 0.2) is 0 Å². The molecule has 1 aliphatic rings. The average molecular weight is 336 g/mol. The van der Waals surface area contributed by atoms with Crippen LogP contribution in [0.2, 0.25) is 0 Å². The van der Waals surface area contributed by atoms with E-state index in [0.29, 0.717) is 5.56 Å². The molecule has 130 valence electrons. The standard InChI is InChI=1S/C21H24N2O2/c1-14-8-9-17(22-20(25)21(2)10-11-21)13-18(14)15-6-5-7-16(12-15)19(24)23(3)4/h5-9,12-13H,10-11H2,1-4H3,(H,22,25). The van der Waals surface area contributed by atoms with Crippen molar-refractivity contribution in [2.24, 2.45) is 5.41 Å². The van der Waals surface area contributed by atoms with Crippen molar-refractivity contribution >= 4 is 17.5 Å². The zero-order valence-corrected chi connectivity index (χ0v) is 15.2. The van der Waals surface area contributed by atoms with Gasteiger partial charge in [-0.05, 0) is 60.7 Å². The summed E-state index contributed by atoms with van der Waals surface area (Å²) in [6, 6.07) is 13.5. The Balaban J connectivity index is 1.91. The molecule has 0 heterocycles. The van der Waals surface area contributed by atoms with Gasteiger partial charge in [0.2, 0.25) is 5.91 Å². The van der Waals surface area contributed by atoms with Crippen molar-refractivity contribution < 1.29 is 9.59 Å². The van der Waals surface area contributed by atoms with Crippen LogP contribution in [0, 0.1) is 12.3 Å². The summed E-state index contributed by atoms with van der Waals surface area (Å²) in [6.45, 7) is 4.03. The molecule has 0 atom stereocenters. The first-order valence-corrected chi connectivity index (χ1v) is 8.54. The first-order valence-electron chi connectivity index (χ1n) is 8.54. The molecule has 0 aliphatic heterocycles. The molecular formula is C21H24N2O2. The maximum Gasteiger partial charge on any atom is 0.253 e. The molecular weight excluding hydrogens is 312 g/mol. The van der Waals surface area contributed by atoms with E-state index in [1.165, 1.54) is 0 Å². The molecule has 0 aromatic heterocycles. The van der Waals surface area contributed by atoms with Gasteiger partial charge in [-0.25, -0.2) is 0 Å². The molecule has 1 N–H and O–H groups in total. The van der Waals surface area contributed by atoms with Crippen molar-refractivity contribution in [2.45, 2.75) is 26.7 Å². The predicted molar refractivity (Wildman–Crippen MR) is 101 cm³/mol. The van der Waals surface area contributed by atoms with Crippen molar-refractivity contribution in [2.75, 3.05) is 19.4 Å². The highest BCUT2D eigenvalue weighted by Gasteiger charge is 2.44. The van der Waals surface area contributed by atoms with Gasteiger partial charge in [0.25, 0.3) is 5.91 Å². The van der Waals surface area contributed by atoms with E-state index in [2.05, 4.69) is 5.32 Å². The number of benzene rings is 2. The van der Waals surface area contributed by atoms with Crippen LogP contribution >= 0.6 is 0 Å². The SMILES string of the molecule is Cc1ccc(NC(=O)C2(C)CC2)cc1-c1cccc(C(=O)N(C)C)c1. The van der Waals surface area contributed by atoms with Crippen LogP contribution in [0.1, 0.15) is 35.7 Å². The van der Waals surface area contributed by atoms with Gasteiger partial charge in [-0.3, -0.25) is 9.59 Å². The Morgan fingerprint density at radius 3 is 2.44 bits per heavy atom. The van der Waals surface area contributed by atoms with Gasteiger partial charge in [-0.1, -0.05) is 25.1 Å². The summed E-state index contributed by atoms with van der Waals surface area (Å²) in [7, 11) is 3.49. The summed E-state index contributed by atoms with van der Waals surface area (Å²) in [5, 5.41) is 3.02. The molecule has 0 radical (unpaired) electrons. The van der Waals surface area contributed by atoms with E-state index in [0.717, 1.165) is 35.2 Å². The van der Waals surface area contributed by atoms with Gasteiger partial charge < -0.3 is 10.2 Å². The molecule has 1 fully saturated rings. The molecule has 0 spiro atoms. The fourth-order valence-electron chi connectivity index (χ4n) is 2.79. The van der Waals surface area contributed by atoms with Gasteiger partial charge in [-0.15, -0.1) is 0 Å². The topological polar surface area (TPSA) is 49.4 Å². The Hall–Kier alpha value is -2.62. The fraction of sp³-hybridized carbons (Fsp3) is 0.333. The summed E-state index contributed by atoms with van der Waals surface area (Å²) in [6.07, 6.45) is 1.90. The summed E-state index contributed by atoms with van der Waals surface area (Å²) in [5.74, 6) is 0.0597. The zero-order chi connectivity index (χ0) is 18.2. The van der Waals surface area contributed by atoms with E-state index < -0.39 is 0 Å². The second-order valence-electron chi connectivity index (χ2n) is 7.32. The molecule has 4 nitrogen and oxygen atoms in total. The second kappa shape index (κ2) is 6.36. The lowest BCUT2D eigenvalue weighted by molar-refractivity contribution is -0.120. The normalized spacial score (nSPS) is 14.7. The molecule has 2 aromatic carbocycles. The molecule has 1 aliphatic carbocycles. The number of anilines is 1. The number of carbonyl (C=O) groups is 2. The molecule has 0 saturated heterocycles. The Morgan fingerprint density at radius 1 is 1.08 bits per heavy atom. The van der Waals surface area contributed by atoms with Crippen molar-refractivity contribution in [3.05, 3.63) is 53.6 Å². The Kier molecular flexibility index (Phi) is 4.38. The van der Waals surface area contributed by atoms with Gasteiger partial charge in [0.1, 0.15) is 0 Å². The van der Waals surface area contributed by atoms with Crippen molar-refractivity contribution in [1.82, 2.24) is 4.90 Å². The highest BCUT2D eigenvalue weighted by Crippen LogP contribution is 2.45. The number of nitrogens with zero attached hydrogens (tertiary/aromatic N) is 1. The number of rotatable bonds is 4. The lowest BCUT2D eigenvalue weighted by atomic mass is 9.97. The minimum absolute atomic E-state index is 0.0226. The molecule has 0 bridgehead atoms. The molecule has 25 heavy (non-hydrogen) atoms. The Morgan fingerprint density at radius 2 is 1.80 bits per heavy atom. The molecule has 1 saturated carbocycles. The Bertz CT molecular complexity index is 836. The maximum absolute atomic E-state index is 12.3. The van der Waals surface area contributed by atoms with Crippen LogP contribution in [0.3, 0.4) is 0 Å². The van der Waals surface area contributed by atoms with Gasteiger partial charge in [0.05, 0.1) is 0 Å². The molecule has 4 heteroatoms. The van der Waals surface area contributed by atoms with E-state index in [4.69, 9.17) is 0 Å². The smallest absolute Gasteiger partial charge is 0.253 e. The van der Waals surface area contributed by atoms with Crippen LogP contribution in [0.5, 0.6) is 0 Å².